The number of anilines is 1. The summed E-state index contributed by atoms with van der Waals surface area (Å²) in [6, 6.07) is 6.54. The average Bonchev–Trinajstić information content (AvgIpc) is 2.65. The Kier molecular flexibility index (Phi) is 2.68. The Labute approximate surface area is 92.4 Å². The highest BCUT2D eigenvalue weighted by Gasteiger charge is 2.15. The first-order valence-corrected chi connectivity index (χ1v) is 4.89. The summed E-state index contributed by atoms with van der Waals surface area (Å²) in [5, 5.41) is 13.3. The fourth-order valence-corrected chi connectivity index (χ4v) is 1.45. The van der Waals surface area contributed by atoms with E-state index in [1.165, 1.54) is 6.07 Å². The highest BCUT2D eigenvalue weighted by Crippen LogP contribution is 2.38. The number of aromatic nitrogens is 1. The van der Waals surface area contributed by atoms with Crippen LogP contribution in [0.25, 0.3) is 11.3 Å². The van der Waals surface area contributed by atoms with Crippen molar-refractivity contribution in [2.45, 2.75) is 6.92 Å². The number of phenols is 1. The number of ether oxygens (including phenoxy) is 1. The molecular formula is C11H12N2O3. The zero-order valence-electron chi connectivity index (χ0n) is 8.80. The molecule has 16 heavy (non-hydrogen) atoms. The molecule has 2 rings (SSSR count). The molecule has 5 nitrogen and oxygen atoms in total. The van der Waals surface area contributed by atoms with Gasteiger partial charge in [-0.15, -0.1) is 0 Å². The summed E-state index contributed by atoms with van der Waals surface area (Å²) in [5.41, 5.74) is 5.93. The van der Waals surface area contributed by atoms with Crippen LogP contribution in [-0.2, 0) is 0 Å². The monoisotopic (exact) mass is 220 g/mol. The van der Waals surface area contributed by atoms with Crippen LogP contribution in [0.4, 0.5) is 5.82 Å². The van der Waals surface area contributed by atoms with Crippen LogP contribution in [0.2, 0.25) is 0 Å². The molecule has 3 N–H and O–H groups in total. The number of nitrogens with two attached hydrogens (primary N) is 1. The van der Waals surface area contributed by atoms with Gasteiger partial charge in [0.15, 0.2) is 11.6 Å². The lowest BCUT2D eigenvalue weighted by Gasteiger charge is -2.08. The molecule has 1 aromatic heterocycles. The molecule has 0 saturated heterocycles. The first-order valence-electron chi connectivity index (χ1n) is 4.89. The number of hydrogen-bond acceptors (Lipinski definition) is 5. The summed E-state index contributed by atoms with van der Waals surface area (Å²) in [4.78, 5) is 0. The van der Waals surface area contributed by atoms with Crippen LogP contribution in [0.15, 0.2) is 28.8 Å². The maximum atomic E-state index is 9.77. The lowest BCUT2D eigenvalue weighted by molar-refractivity contribution is 0.337. The summed E-state index contributed by atoms with van der Waals surface area (Å²) in [6.07, 6.45) is 0. The standard InChI is InChI=1S/C11H12N2O3/c1-2-15-8-5-3-4-7(14)11(8)9-6-10(12)13-16-9/h3-6,14H,2H2,1H3,(H2,12,13). The molecule has 0 amide bonds. The fraction of sp³-hybridized carbons (Fsp3) is 0.182. The van der Waals surface area contributed by atoms with Crippen molar-refractivity contribution >= 4 is 5.82 Å². The van der Waals surface area contributed by atoms with E-state index < -0.39 is 0 Å². The van der Waals surface area contributed by atoms with Gasteiger partial charge < -0.3 is 20.1 Å². The largest absolute Gasteiger partial charge is 0.507 e. The van der Waals surface area contributed by atoms with Crippen molar-refractivity contribution in [1.29, 1.82) is 0 Å². The number of rotatable bonds is 3. The Morgan fingerprint density at radius 3 is 2.94 bits per heavy atom. The number of phenolic OH excluding ortho intramolecular Hbond substituents is 1. The van der Waals surface area contributed by atoms with Gasteiger partial charge in [-0.05, 0) is 19.1 Å². The van der Waals surface area contributed by atoms with Crippen molar-refractivity contribution in [2.24, 2.45) is 0 Å². The van der Waals surface area contributed by atoms with Crippen LogP contribution < -0.4 is 10.5 Å². The highest BCUT2D eigenvalue weighted by atomic mass is 16.5. The van der Waals surface area contributed by atoms with Crippen LogP contribution in [-0.4, -0.2) is 16.9 Å². The maximum Gasteiger partial charge on any atom is 0.176 e. The van der Waals surface area contributed by atoms with Crippen molar-refractivity contribution in [3.05, 3.63) is 24.3 Å². The smallest absolute Gasteiger partial charge is 0.176 e. The summed E-state index contributed by atoms with van der Waals surface area (Å²) < 4.78 is 10.4. The van der Waals surface area contributed by atoms with E-state index in [-0.39, 0.29) is 11.6 Å². The molecule has 0 fully saturated rings. The number of benzene rings is 1. The quantitative estimate of drug-likeness (QED) is 0.827. The molecule has 0 spiro atoms. The lowest BCUT2D eigenvalue weighted by Crippen LogP contribution is -1.93. The molecule has 0 radical (unpaired) electrons. The van der Waals surface area contributed by atoms with Gasteiger partial charge in [0.1, 0.15) is 17.1 Å². The van der Waals surface area contributed by atoms with Gasteiger partial charge in [0, 0.05) is 6.07 Å². The molecule has 1 aromatic carbocycles. The summed E-state index contributed by atoms with van der Waals surface area (Å²) in [5.74, 6) is 1.26. The Balaban J connectivity index is 2.53. The van der Waals surface area contributed by atoms with E-state index in [0.29, 0.717) is 23.7 Å². The molecule has 0 atom stereocenters. The van der Waals surface area contributed by atoms with Crippen molar-refractivity contribution in [2.75, 3.05) is 12.3 Å². The number of nitrogen functional groups attached to an aromatic ring is 1. The third kappa shape index (κ3) is 1.79. The van der Waals surface area contributed by atoms with Gasteiger partial charge >= 0.3 is 0 Å². The topological polar surface area (TPSA) is 81.5 Å². The van der Waals surface area contributed by atoms with Gasteiger partial charge in [0.2, 0.25) is 0 Å². The highest BCUT2D eigenvalue weighted by molar-refractivity contribution is 5.73. The van der Waals surface area contributed by atoms with Gasteiger partial charge in [0.05, 0.1) is 6.61 Å². The number of nitrogens with zero attached hydrogens (tertiary/aromatic N) is 1. The minimum absolute atomic E-state index is 0.0714. The average molecular weight is 220 g/mol. The zero-order chi connectivity index (χ0) is 11.5. The van der Waals surface area contributed by atoms with Crippen LogP contribution in [0.1, 0.15) is 6.92 Å². The van der Waals surface area contributed by atoms with E-state index in [1.54, 1.807) is 18.2 Å². The van der Waals surface area contributed by atoms with Crippen LogP contribution >= 0.6 is 0 Å². The second-order valence-corrected chi connectivity index (χ2v) is 3.20. The van der Waals surface area contributed by atoms with Gasteiger partial charge in [-0.1, -0.05) is 11.2 Å². The molecule has 5 heteroatoms. The van der Waals surface area contributed by atoms with Crippen molar-refractivity contribution in [3.8, 4) is 22.8 Å². The molecule has 1 heterocycles. The van der Waals surface area contributed by atoms with E-state index in [9.17, 15) is 5.11 Å². The van der Waals surface area contributed by atoms with Crippen LogP contribution in [0.5, 0.6) is 11.5 Å². The predicted molar refractivity (Wildman–Crippen MR) is 59.2 cm³/mol. The maximum absolute atomic E-state index is 9.77. The minimum atomic E-state index is 0.0714. The van der Waals surface area contributed by atoms with E-state index in [1.807, 2.05) is 6.92 Å². The third-order valence-corrected chi connectivity index (χ3v) is 2.08. The molecule has 0 aliphatic rings. The minimum Gasteiger partial charge on any atom is -0.507 e. The predicted octanol–water partition coefficient (Wildman–Crippen LogP) is 2.03. The Morgan fingerprint density at radius 1 is 1.50 bits per heavy atom. The Hall–Kier alpha value is -2.17. The molecule has 0 saturated carbocycles. The van der Waals surface area contributed by atoms with Gasteiger partial charge in [0.25, 0.3) is 0 Å². The second kappa shape index (κ2) is 4.14. The molecule has 2 aromatic rings. The second-order valence-electron chi connectivity index (χ2n) is 3.20. The van der Waals surface area contributed by atoms with E-state index in [2.05, 4.69) is 5.16 Å². The fourth-order valence-electron chi connectivity index (χ4n) is 1.45. The molecule has 84 valence electrons. The van der Waals surface area contributed by atoms with Gasteiger partial charge in [-0.2, -0.15) is 0 Å². The number of aromatic hydroxyl groups is 1. The summed E-state index contributed by atoms with van der Waals surface area (Å²) in [7, 11) is 0. The van der Waals surface area contributed by atoms with Crippen molar-refractivity contribution in [3.63, 3.8) is 0 Å². The first-order chi connectivity index (χ1) is 7.72. The van der Waals surface area contributed by atoms with E-state index in [0.717, 1.165) is 0 Å². The third-order valence-electron chi connectivity index (χ3n) is 2.08. The molecule has 0 aliphatic carbocycles. The van der Waals surface area contributed by atoms with E-state index >= 15 is 0 Å². The molecule has 0 aliphatic heterocycles. The number of hydrogen-bond donors (Lipinski definition) is 2. The van der Waals surface area contributed by atoms with Gasteiger partial charge in [-0.25, -0.2) is 0 Å². The van der Waals surface area contributed by atoms with Crippen molar-refractivity contribution < 1.29 is 14.4 Å². The SMILES string of the molecule is CCOc1cccc(O)c1-c1cc(N)no1. The van der Waals surface area contributed by atoms with Gasteiger partial charge in [-0.3, -0.25) is 0 Å². The molecule has 0 bridgehead atoms. The molecular weight excluding hydrogens is 208 g/mol. The Morgan fingerprint density at radius 2 is 2.31 bits per heavy atom. The van der Waals surface area contributed by atoms with Crippen LogP contribution in [0.3, 0.4) is 0 Å². The zero-order valence-corrected chi connectivity index (χ0v) is 8.80. The normalized spacial score (nSPS) is 10.3. The summed E-state index contributed by atoms with van der Waals surface area (Å²) in [6.45, 7) is 2.36. The van der Waals surface area contributed by atoms with Crippen molar-refractivity contribution in [1.82, 2.24) is 5.16 Å². The van der Waals surface area contributed by atoms with E-state index in [4.69, 9.17) is 15.0 Å². The Bertz CT molecular complexity index is 494. The lowest BCUT2D eigenvalue weighted by atomic mass is 10.1. The summed E-state index contributed by atoms with van der Waals surface area (Å²) >= 11 is 0. The first kappa shape index (κ1) is 10.4. The molecule has 0 unspecified atom stereocenters. The van der Waals surface area contributed by atoms with Crippen LogP contribution in [0, 0.1) is 0 Å².